The fraction of sp³-hybridized carbons (Fsp3) is 0.824. The van der Waals surface area contributed by atoms with Crippen LogP contribution in [0.25, 0.3) is 0 Å². The first-order valence-electron chi connectivity index (χ1n) is 8.54. The summed E-state index contributed by atoms with van der Waals surface area (Å²) in [5.41, 5.74) is 7.66. The Labute approximate surface area is 122 Å². The van der Waals surface area contributed by atoms with E-state index in [1.807, 2.05) is 0 Å². The van der Waals surface area contributed by atoms with Gasteiger partial charge in [0.1, 0.15) is 0 Å². The van der Waals surface area contributed by atoms with Gasteiger partial charge in [0.2, 0.25) is 0 Å². The second-order valence-electron chi connectivity index (χ2n) is 6.81. The Bertz CT molecular complexity index is 423. The Morgan fingerprint density at radius 1 is 1.25 bits per heavy atom. The Morgan fingerprint density at radius 2 is 1.90 bits per heavy atom. The van der Waals surface area contributed by atoms with E-state index < -0.39 is 0 Å². The minimum atomic E-state index is 0.327. The molecule has 2 aliphatic rings. The van der Waals surface area contributed by atoms with Crippen molar-refractivity contribution in [2.24, 2.45) is 23.5 Å². The molecule has 3 atom stereocenters. The molecule has 2 aliphatic carbocycles. The fourth-order valence-corrected chi connectivity index (χ4v) is 4.41. The highest BCUT2D eigenvalue weighted by Gasteiger charge is 2.52. The van der Waals surface area contributed by atoms with Gasteiger partial charge in [-0.15, -0.1) is 0 Å². The summed E-state index contributed by atoms with van der Waals surface area (Å²) in [5.74, 6) is 2.68. The largest absolute Gasteiger partial charge is 0.327 e. The normalized spacial score (nSPS) is 30.3. The van der Waals surface area contributed by atoms with E-state index in [2.05, 4.69) is 30.8 Å². The maximum absolute atomic E-state index is 6.47. The van der Waals surface area contributed by atoms with Crippen molar-refractivity contribution in [1.82, 2.24) is 9.78 Å². The first kappa shape index (κ1) is 14.1. The van der Waals surface area contributed by atoms with E-state index in [1.165, 1.54) is 31.4 Å². The fourth-order valence-electron chi connectivity index (χ4n) is 4.41. The van der Waals surface area contributed by atoms with Crippen molar-refractivity contribution in [3.63, 3.8) is 0 Å². The van der Waals surface area contributed by atoms with Crippen LogP contribution in [0.5, 0.6) is 0 Å². The smallest absolute Gasteiger partial charge is 0.0640 e. The first-order valence-corrected chi connectivity index (χ1v) is 8.54. The van der Waals surface area contributed by atoms with Crippen LogP contribution in [0, 0.1) is 17.8 Å². The van der Waals surface area contributed by atoms with Crippen LogP contribution in [0.3, 0.4) is 0 Å². The highest BCUT2D eigenvalue weighted by Crippen LogP contribution is 2.56. The van der Waals surface area contributed by atoms with Gasteiger partial charge in [-0.1, -0.05) is 26.7 Å². The Morgan fingerprint density at radius 3 is 2.50 bits per heavy atom. The highest BCUT2D eigenvalue weighted by atomic mass is 15.3. The van der Waals surface area contributed by atoms with Crippen molar-refractivity contribution in [1.29, 1.82) is 0 Å². The third-order valence-corrected chi connectivity index (χ3v) is 5.64. The van der Waals surface area contributed by atoms with Crippen molar-refractivity contribution in [3.8, 4) is 0 Å². The van der Waals surface area contributed by atoms with Gasteiger partial charge >= 0.3 is 0 Å². The summed E-state index contributed by atoms with van der Waals surface area (Å²) < 4.78 is 2.14. The molecule has 0 saturated heterocycles. The lowest BCUT2D eigenvalue weighted by Gasteiger charge is -2.13. The predicted molar refractivity (Wildman–Crippen MR) is 82.5 cm³/mol. The molecule has 0 radical (unpaired) electrons. The molecule has 3 heteroatoms. The minimum Gasteiger partial charge on any atom is -0.327 e. The van der Waals surface area contributed by atoms with E-state index in [0.29, 0.717) is 12.1 Å². The molecule has 1 heterocycles. The monoisotopic (exact) mass is 275 g/mol. The van der Waals surface area contributed by atoms with E-state index in [1.54, 1.807) is 0 Å². The average Bonchev–Trinajstić information content (AvgIpc) is 3.04. The van der Waals surface area contributed by atoms with Crippen LogP contribution >= 0.6 is 0 Å². The van der Waals surface area contributed by atoms with E-state index in [9.17, 15) is 0 Å². The molecule has 0 spiro atoms. The van der Waals surface area contributed by atoms with Crippen LogP contribution in [-0.4, -0.2) is 15.8 Å². The number of nitrogens with zero attached hydrogens (tertiary/aromatic N) is 2. The summed E-state index contributed by atoms with van der Waals surface area (Å²) in [4.78, 5) is 0. The third-order valence-electron chi connectivity index (χ3n) is 5.64. The maximum atomic E-state index is 6.47. The second-order valence-corrected chi connectivity index (χ2v) is 6.81. The first-order chi connectivity index (χ1) is 9.74. The minimum absolute atomic E-state index is 0.327. The lowest BCUT2D eigenvalue weighted by Crippen LogP contribution is -2.27. The van der Waals surface area contributed by atoms with Crippen LogP contribution in [0.2, 0.25) is 0 Å². The molecule has 3 rings (SSSR count). The standard InChI is InChI=1S/C17H29N3/c1-3-13(4-2)20-10-9-12(19-20)11-16(18)17-14-7-5-6-8-15(14)17/h9-10,13-17H,3-8,11,18H2,1-2H3. The van der Waals surface area contributed by atoms with Gasteiger partial charge in [-0.3, -0.25) is 4.68 Å². The molecule has 0 aromatic carbocycles. The van der Waals surface area contributed by atoms with E-state index in [0.717, 1.165) is 37.0 Å². The molecule has 2 N–H and O–H groups in total. The van der Waals surface area contributed by atoms with Crippen molar-refractivity contribution < 1.29 is 0 Å². The average molecular weight is 275 g/mol. The molecule has 2 fully saturated rings. The van der Waals surface area contributed by atoms with Gasteiger partial charge in [0.25, 0.3) is 0 Å². The van der Waals surface area contributed by atoms with Crippen LogP contribution in [0.4, 0.5) is 0 Å². The lowest BCUT2D eigenvalue weighted by molar-refractivity contribution is 0.422. The van der Waals surface area contributed by atoms with Crippen LogP contribution in [0.15, 0.2) is 12.3 Å². The molecule has 0 amide bonds. The third kappa shape index (κ3) is 2.65. The topological polar surface area (TPSA) is 43.8 Å². The predicted octanol–water partition coefficient (Wildman–Crippen LogP) is 3.55. The zero-order valence-electron chi connectivity index (χ0n) is 13.0. The molecule has 2 saturated carbocycles. The van der Waals surface area contributed by atoms with Crippen LogP contribution in [0.1, 0.15) is 64.1 Å². The SMILES string of the molecule is CCC(CC)n1ccc(CC(N)C2C3CCCCC32)n1. The van der Waals surface area contributed by atoms with Gasteiger partial charge in [-0.05, 0) is 49.5 Å². The van der Waals surface area contributed by atoms with Crippen molar-refractivity contribution in [2.45, 2.75) is 70.9 Å². The molecule has 0 bridgehead atoms. The van der Waals surface area contributed by atoms with Gasteiger partial charge in [0, 0.05) is 18.7 Å². The number of nitrogens with two attached hydrogens (primary N) is 1. The van der Waals surface area contributed by atoms with Crippen molar-refractivity contribution in [3.05, 3.63) is 18.0 Å². The summed E-state index contributed by atoms with van der Waals surface area (Å²) in [6, 6.07) is 3.04. The van der Waals surface area contributed by atoms with E-state index in [-0.39, 0.29) is 0 Å². The van der Waals surface area contributed by atoms with E-state index in [4.69, 9.17) is 10.8 Å². The number of aromatic nitrogens is 2. The van der Waals surface area contributed by atoms with Gasteiger partial charge in [0.05, 0.1) is 11.7 Å². The summed E-state index contributed by atoms with van der Waals surface area (Å²) in [5, 5.41) is 4.76. The van der Waals surface area contributed by atoms with Gasteiger partial charge < -0.3 is 5.73 Å². The number of hydrogen-bond acceptors (Lipinski definition) is 2. The summed E-state index contributed by atoms with van der Waals surface area (Å²) >= 11 is 0. The van der Waals surface area contributed by atoms with Crippen molar-refractivity contribution >= 4 is 0 Å². The van der Waals surface area contributed by atoms with Gasteiger partial charge in [-0.2, -0.15) is 5.10 Å². The maximum Gasteiger partial charge on any atom is 0.0640 e. The summed E-state index contributed by atoms with van der Waals surface area (Å²) in [6.07, 6.45) is 11.1. The summed E-state index contributed by atoms with van der Waals surface area (Å²) in [6.45, 7) is 4.46. The Balaban J connectivity index is 1.58. The lowest BCUT2D eigenvalue weighted by atomic mass is 10.0. The molecule has 1 aromatic heterocycles. The zero-order chi connectivity index (χ0) is 14.1. The molecule has 3 nitrogen and oxygen atoms in total. The molecular weight excluding hydrogens is 246 g/mol. The van der Waals surface area contributed by atoms with Crippen LogP contribution in [-0.2, 0) is 6.42 Å². The quantitative estimate of drug-likeness (QED) is 0.863. The molecule has 112 valence electrons. The second kappa shape index (κ2) is 5.88. The Hall–Kier alpha value is -0.830. The highest BCUT2D eigenvalue weighted by molar-refractivity contribution is 5.09. The molecule has 0 aliphatic heterocycles. The molecular formula is C17H29N3. The van der Waals surface area contributed by atoms with Crippen molar-refractivity contribution in [2.75, 3.05) is 0 Å². The summed E-state index contributed by atoms with van der Waals surface area (Å²) in [7, 11) is 0. The van der Waals surface area contributed by atoms with E-state index >= 15 is 0 Å². The zero-order valence-corrected chi connectivity index (χ0v) is 13.0. The molecule has 3 unspecified atom stereocenters. The molecule has 1 aromatic rings. The molecule has 20 heavy (non-hydrogen) atoms. The number of rotatable bonds is 6. The van der Waals surface area contributed by atoms with Crippen LogP contribution < -0.4 is 5.73 Å². The Kier molecular flexibility index (Phi) is 4.16. The number of fused-ring (bicyclic) bond motifs is 1. The van der Waals surface area contributed by atoms with Gasteiger partial charge in [-0.25, -0.2) is 0 Å². The number of hydrogen-bond donors (Lipinski definition) is 1. The van der Waals surface area contributed by atoms with Gasteiger partial charge in [0.15, 0.2) is 0 Å².